The number of aliphatic hydroxyl groups is 3. The highest BCUT2D eigenvalue weighted by Gasteiger charge is 2.21. The molecule has 4 heteroatoms. The van der Waals surface area contributed by atoms with E-state index in [9.17, 15) is 20.1 Å². The third-order valence-corrected chi connectivity index (χ3v) is 6.07. The molecule has 4 nitrogen and oxygen atoms in total. The van der Waals surface area contributed by atoms with Crippen LogP contribution in [0.15, 0.2) is 155 Å². The Morgan fingerprint density at radius 2 is 0.773 bits per heavy atom. The Balaban J connectivity index is 4.88. The van der Waals surface area contributed by atoms with Gasteiger partial charge in [-0.15, -0.1) is 0 Å². The van der Waals surface area contributed by atoms with Crippen molar-refractivity contribution in [2.45, 2.75) is 86.5 Å². The van der Waals surface area contributed by atoms with Crippen molar-refractivity contribution >= 4 is 5.78 Å². The van der Waals surface area contributed by atoms with Crippen molar-refractivity contribution in [3.8, 4) is 0 Å². The van der Waals surface area contributed by atoms with Crippen molar-refractivity contribution < 1.29 is 20.1 Å². The summed E-state index contributed by atoms with van der Waals surface area (Å²) in [6.07, 6.45) is 37.8. The predicted octanol–water partition coefficient (Wildman–Crippen LogP) is 9.03. The molecule has 0 rings (SSSR count). The summed E-state index contributed by atoms with van der Waals surface area (Å²) in [7, 11) is 0. The minimum Gasteiger partial charge on any atom is -0.387 e. The lowest BCUT2D eigenvalue weighted by molar-refractivity contribution is -0.128. The first-order chi connectivity index (χ1) is 20.4. The number of hydrogen-bond acceptors (Lipinski definition) is 4. The molecule has 0 aromatic rings. The van der Waals surface area contributed by atoms with Crippen LogP contribution in [0.4, 0.5) is 0 Å². The lowest BCUT2D eigenvalue weighted by Gasteiger charge is -2.21. The Morgan fingerprint density at radius 1 is 0.477 bits per heavy atom. The van der Waals surface area contributed by atoms with Gasteiger partial charge in [0.1, 0.15) is 11.7 Å². The highest BCUT2D eigenvalue weighted by atomic mass is 16.3. The molecule has 0 bridgehead atoms. The second-order valence-corrected chi connectivity index (χ2v) is 12.0. The fourth-order valence-electron chi connectivity index (χ4n) is 3.04. The average molecular weight is 599 g/mol. The largest absolute Gasteiger partial charge is 0.387 e. The van der Waals surface area contributed by atoms with Gasteiger partial charge < -0.3 is 15.3 Å². The smallest absolute Gasteiger partial charge is 0.186 e. The van der Waals surface area contributed by atoms with Gasteiger partial charge in [-0.25, -0.2) is 0 Å². The number of aliphatic hydroxyl groups excluding tert-OH is 1. The van der Waals surface area contributed by atoms with Crippen LogP contribution in [0.25, 0.3) is 0 Å². The molecule has 1 unspecified atom stereocenters. The fourth-order valence-corrected chi connectivity index (χ4v) is 3.04. The molecule has 1 atom stereocenters. The highest BCUT2D eigenvalue weighted by molar-refractivity contribution is 5.96. The lowest BCUT2D eigenvalue weighted by atomic mass is 10.0. The predicted molar refractivity (Wildman–Crippen MR) is 190 cm³/mol. The summed E-state index contributed by atoms with van der Waals surface area (Å²) in [4.78, 5) is 11.8. The van der Waals surface area contributed by atoms with Gasteiger partial charge in [0.2, 0.25) is 0 Å². The molecule has 0 saturated carbocycles. The molecule has 0 heterocycles. The van der Waals surface area contributed by atoms with E-state index in [1.165, 1.54) is 19.9 Å². The van der Waals surface area contributed by atoms with Crippen LogP contribution in [-0.4, -0.2) is 38.4 Å². The quantitative estimate of drug-likeness (QED) is 0.122. The van der Waals surface area contributed by atoms with Crippen LogP contribution in [0.3, 0.4) is 0 Å². The monoisotopic (exact) mass is 598 g/mol. The summed E-state index contributed by atoms with van der Waals surface area (Å²) in [6, 6.07) is 0. The van der Waals surface area contributed by atoms with Gasteiger partial charge in [0, 0.05) is 0 Å². The van der Waals surface area contributed by atoms with Crippen molar-refractivity contribution in [3.63, 3.8) is 0 Å². The van der Waals surface area contributed by atoms with E-state index in [0.717, 1.165) is 33.4 Å². The van der Waals surface area contributed by atoms with Gasteiger partial charge in [-0.05, 0) is 75.3 Å². The molecule has 0 aromatic heterocycles. The van der Waals surface area contributed by atoms with Crippen LogP contribution in [0.2, 0.25) is 0 Å². The van der Waals surface area contributed by atoms with E-state index in [0.29, 0.717) is 0 Å². The maximum Gasteiger partial charge on any atom is 0.186 e. The first-order valence-corrected chi connectivity index (χ1v) is 14.9. The van der Waals surface area contributed by atoms with Gasteiger partial charge in [-0.3, -0.25) is 4.79 Å². The standard InChI is InChI=1S/C40H54O4/c1-31(19-13-21-33(3)23-15-25-35(5)27-29-37(41)39(7,8)43)17-11-12-18-32(2)20-14-22-34(4)24-16-26-36(6)28-30-38(42)40(9,10)44/h11-30,37,41,43-44H,1-10H3/b12-11+,19-13+,20-14+,23-15+,24-16+,29-27+,30-28+,31-17+,32-18+,33-21+,34-22+,35-25+,36-26+. The number of ketones is 1. The van der Waals surface area contributed by atoms with E-state index in [-0.39, 0.29) is 5.78 Å². The molecule has 0 radical (unpaired) electrons. The third-order valence-electron chi connectivity index (χ3n) is 6.07. The average Bonchev–Trinajstić information content (AvgIpc) is 2.91. The Morgan fingerprint density at radius 3 is 1.09 bits per heavy atom. The van der Waals surface area contributed by atoms with E-state index in [1.54, 1.807) is 32.1 Å². The maximum absolute atomic E-state index is 11.8. The van der Waals surface area contributed by atoms with Gasteiger partial charge in [-0.2, -0.15) is 0 Å². The maximum atomic E-state index is 11.8. The van der Waals surface area contributed by atoms with E-state index in [1.807, 2.05) is 101 Å². The van der Waals surface area contributed by atoms with Crippen molar-refractivity contribution in [2.24, 2.45) is 0 Å². The summed E-state index contributed by atoms with van der Waals surface area (Å²) < 4.78 is 0. The molecule has 0 aliphatic heterocycles. The number of hydrogen-bond donors (Lipinski definition) is 3. The van der Waals surface area contributed by atoms with Gasteiger partial charge in [-0.1, -0.05) is 149 Å². The van der Waals surface area contributed by atoms with Crippen molar-refractivity contribution in [1.29, 1.82) is 0 Å². The molecule has 0 saturated heterocycles. The topological polar surface area (TPSA) is 77.8 Å². The Kier molecular flexibility index (Phi) is 19.1. The van der Waals surface area contributed by atoms with Gasteiger partial charge in [0.05, 0.1) is 5.60 Å². The zero-order valence-electron chi connectivity index (χ0n) is 28.4. The number of rotatable bonds is 16. The van der Waals surface area contributed by atoms with Gasteiger partial charge in [0.25, 0.3) is 0 Å². The Labute approximate surface area is 267 Å². The molecule has 3 N–H and O–H groups in total. The molecule has 0 aromatic carbocycles. The zero-order valence-corrected chi connectivity index (χ0v) is 28.4. The SMILES string of the molecule is CC(/C=C/C=C(C)/C=C/C=C(C)/C=C/C(=O)C(C)(C)O)=C\C=C\C=C(C)\C=C\C=C(C)\C=C\C=C(C)\C=C\C(O)C(C)(C)O. The van der Waals surface area contributed by atoms with E-state index >= 15 is 0 Å². The molecular weight excluding hydrogens is 544 g/mol. The molecule has 0 spiro atoms. The second kappa shape index (κ2) is 21.0. The number of allylic oxidation sites excluding steroid dienone is 24. The second-order valence-electron chi connectivity index (χ2n) is 12.0. The lowest BCUT2D eigenvalue weighted by Crippen LogP contribution is -2.34. The molecule has 44 heavy (non-hydrogen) atoms. The van der Waals surface area contributed by atoms with Crippen LogP contribution < -0.4 is 0 Å². The Hall–Kier alpha value is -3.83. The van der Waals surface area contributed by atoms with Crippen LogP contribution in [0, 0.1) is 0 Å². The minimum absolute atomic E-state index is 0.322. The summed E-state index contributed by atoms with van der Waals surface area (Å²) in [5, 5.41) is 29.3. The van der Waals surface area contributed by atoms with E-state index in [4.69, 9.17) is 0 Å². The third kappa shape index (κ3) is 21.8. The highest BCUT2D eigenvalue weighted by Crippen LogP contribution is 2.11. The van der Waals surface area contributed by atoms with Gasteiger partial charge >= 0.3 is 0 Å². The van der Waals surface area contributed by atoms with Crippen LogP contribution in [0.1, 0.15) is 69.2 Å². The first kappa shape index (κ1) is 40.2. The minimum atomic E-state index is -1.35. The zero-order chi connectivity index (χ0) is 33.8. The summed E-state index contributed by atoms with van der Waals surface area (Å²) >= 11 is 0. The van der Waals surface area contributed by atoms with E-state index in [2.05, 4.69) is 38.2 Å². The summed E-state index contributed by atoms with van der Waals surface area (Å²) in [5.41, 5.74) is 3.86. The van der Waals surface area contributed by atoms with Crippen LogP contribution in [-0.2, 0) is 4.79 Å². The fraction of sp³-hybridized carbons (Fsp3) is 0.325. The molecular formula is C40H54O4. The molecule has 0 aliphatic rings. The number of carbonyl (C=O) groups excluding carboxylic acids is 1. The van der Waals surface area contributed by atoms with Crippen molar-refractivity contribution in [3.05, 3.63) is 155 Å². The molecule has 0 aliphatic carbocycles. The van der Waals surface area contributed by atoms with E-state index < -0.39 is 17.3 Å². The number of carbonyl (C=O) groups is 1. The molecule has 0 amide bonds. The first-order valence-electron chi connectivity index (χ1n) is 14.9. The Bertz CT molecular complexity index is 1330. The van der Waals surface area contributed by atoms with Gasteiger partial charge in [0.15, 0.2) is 5.78 Å². The molecule has 0 fully saturated rings. The summed E-state index contributed by atoms with van der Waals surface area (Å²) in [5.74, 6) is -0.322. The van der Waals surface area contributed by atoms with Crippen LogP contribution >= 0.6 is 0 Å². The van der Waals surface area contributed by atoms with Crippen LogP contribution in [0.5, 0.6) is 0 Å². The molecule has 238 valence electrons. The normalized spacial score (nSPS) is 16.9. The van der Waals surface area contributed by atoms with Crippen molar-refractivity contribution in [2.75, 3.05) is 0 Å². The summed E-state index contributed by atoms with van der Waals surface area (Å²) in [6.45, 7) is 18.1. The van der Waals surface area contributed by atoms with Crippen molar-refractivity contribution in [1.82, 2.24) is 0 Å².